The molecule has 0 amide bonds. The standard InChI is InChI=1S/C16H10ClN3O/c17-11-6-7-13-14(10-11)20(12-4-2-1-3-5-12)16(21)15-18-8-9-19(13)15/h1-10H. The SMILES string of the molecule is O=c1c2nccn2c2ccc(Cl)cc2n1-c1ccccc1. The van der Waals surface area contributed by atoms with Gasteiger partial charge in [-0.05, 0) is 30.3 Å². The molecule has 0 spiro atoms. The van der Waals surface area contributed by atoms with Gasteiger partial charge in [-0.25, -0.2) is 4.98 Å². The lowest BCUT2D eigenvalue weighted by Crippen LogP contribution is -2.21. The Kier molecular flexibility index (Phi) is 2.59. The van der Waals surface area contributed by atoms with Gasteiger partial charge in [0, 0.05) is 23.1 Å². The van der Waals surface area contributed by atoms with Gasteiger partial charge >= 0.3 is 0 Å². The molecule has 0 saturated carbocycles. The van der Waals surface area contributed by atoms with Crippen molar-refractivity contribution in [1.82, 2.24) is 14.0 Å². The van der Waals surface area contributed by atoms with Crippen LogP contribution in [-0.2, 0) is 0 Å². The molecule has 0 N–H and O–H groups in total. The van der Waals surface area contributed by atoms with Gasteiger partial charge in [0.15, 0.2) is 0 Å². The molecule has 4 aromatic rings. The molecule has 2 heterocycles. The van der Waals surface area contributed by atoms with Gasteiger partial charge in [-0.1, -0.05) is 29.8 Å². The molecule has 4 nitrogen and oxygen atoms in total. The van der Waals surface area contributed by atoms with Crippen molar-refractivity contribution >= 4 is 28.3 Å². The number of halogens is 1. The summed E-state index contributed by atoms with van der Waals surface area (Å²) in [5.41, 5.74) is 2.66. The maximum atomic E-state index is 12.8. The number of imidazole rings is 1. The van der Waals surface area contributed by atoms with E-state index in [0.717, 1.165) is 16.7 Å². The van der Waals surface area contributed by atoms with Crippen LogP contribution in [-0.4, -0.2) is 14.0 Å². The largest absolute Gasteiger partial charge is 0.299 e. The van der Waals surface area contributed by atoms with E-state index in [4.69, 9.17) is 11.6 Å². The van der Waals surface area contributed by atoms with Gasteiger partial charge in [-0.3, -0.25) is 13.8 Å². The van der Waals surface area contributed by atoms with E-state index < -0.39 is 0 Å². The van der Waals surface area contributed by atoms with E-state index in [1.807, 2.05) is 42.5 Å². The summed E-state index contributed by atoms with van der Waals surface area (Å²) in [7, 11) is 0. The van der Waals surface area contributed by atoms with Crippen molar-refractivity contribution in [1.29, 1.82) is 0 Å². The molecule has 4 rings (SSSR count). The van der Waals surface area contributed by atoms with Crippen molar-refractivity contribution < 1.29 is 0 Å². The zero-order valence-electron chi connectivity index (χ0n) is 10.9. The minimum absolute atomic E-state index is 0.166. The lowest BCUT2D eigenvalue weighted by molar-refractivity contribution is 1.01. The minimum atomic E-state index is -0.166. The van der Waals surface area contributed by atoms with E-state index in [9.17, 15) is 4.79 Å². The van der Waals surface area contributed by atoms with E-state index in [2.05, 4.69) is 4.98 Å². The maximum absolute atomic E-state index is 12.8. The molecule has 0 aliphatic rings. The second-order valence-electron chi connectivity index (χ2n) is 4.73. The van der Waals surface area contributed by atoms with Crippen molar-refractivity contribution in [3.8, 4) is 5.69 Å². The average molecular weight is 296 g/mol. The third kappa shape index (κ3) is 1.76. The molecular formula is C16H10ClN3O. The Balaban J connectivity index is 2.28. The lowest BCUT2D eigenvalue weighted by Gasteiger charge is -2.12. The van der Waals surface area contributed by atoms with Crippen molar-refractivity contribution in [3.63, 3.8) is 0 Å². The molecule has 0 aliphatic heterocycles. The highest BCUT2D eigenvalue weighted by atomic mass is 35.5. The highest BCUT2D eigenvalue weighted by Gasteiger charge is 2.13. The van der Waals surface area contributed by atoms with Crippen molar-refractivity contribution in [2.24, 2.45) is 0 Å². The number of nitrogens with zero attached hydrogens (tertiary/aromatic N) is 3. The first-order valence-corrected chi connectivity index (χ1v) is 6.86. The van der Waals surface area contributed by atoms with Crippen LogP contribution in [0.4, 0.5) is 0 Å². The predicted octanol–water partition coefficient (Wildman–Crippen LogP) is 3.29. The highest BCUT2D eigenvalue weighted by molar-refractivity contribution is 6.31. The normalized spacial score (nSPS) is 11.3. The summed E-state index contributed by atoms with van der Waals surface area (Å²) in [4.78, 5) is 16.9. The number of hydrogen-bond donors (Lipinski definition) is 0. The topological polar surface area (TPSA) is 39.3 Å². The first-order chi connectivity index (χ1) is 10.3. The number of rotatable bonds is 1. The molecule has 102 valence electrons. The van der Waals surface area contributed by atoms with Crippen LogP contribution in [0.2, 0.25) is 5.02 Å². The second-order valence-corrected chi connectivity index (χ2v) is 5.17. The summed E-state index contributed by atoms with van der Waals surface area (Å²) in [6.07, 6.45) is 3.41. The Bertz CT molecular complexity index is 1020. The summed E-state index contributed by atoms with van der Waals surface area (Å²) < 4.78 is 3.43. The van der Waals surface area contributed by atoms with Crippen molar-refractivity contribution in [2.75, 3.05) is 0 Å². The average Bonchev–Trinajstić information content (AvgIpc) is 2.98. The van der Waals surface area contributed by atoms with Gasteiger partial charge in [-0.15, -0.1) is 0 Å². The zero-order valence-corrected chi connectivity index (χ0v) is 11.7. The Morgan fingerprint density at radius 2 is 1.81 bits per heavy atom. The molecule has 0 bridgehead atoms. The Morgan fingerprint density at radius 3 is 2.62 bits per heavy atom. The van der Waals surface area contributed by atoms with Crippen molar-refractivity contribution in [2.45, 2.75) is 0 Å². The monoisotopic (exact) mass is 295 g/mol. The summed E-state index contributed by atoms with van der Waals surface area (Å²) >= 11 is 6.12. The van der Waals surface area contributed by atoms with E-state index in [1.165, 1.54) is 0 Å². The van der Waals surface area contributed by atoms with Crippen molar-refractivity contribution in [3.05, 3.63) is 76.3 Å². The maximum Gasteiger partial charge on any atom is 0.299 e. The van der Waals surface area contributed by atoms with Gasteiger partial charge in [0.05, 0.1) is 11.0 Å². The van der Waals surface area contributed by atoms with E-state index >= 15 is 0 Å². The number of fused-ring (bicyclic) bond motifs is 3. The summed E-state index contributed by atoms with van der Waals surface area (Å²) in [6, 6.07) is 15.0. The Labute approximate surface area is 124 Å². The van der Waals surface area contributed by atoms with E-state index in [-0.39, 0.29) is 5.56 Å². The van der Waals surface area contributed by atoms with Gasteiger partial charge in [-0.2, -0.15) is 0 Å². The predicted molar refractivity (Wildman–Crippen MR) is 83.3 cm³/mol. The molecule has 0 aliphatic carbocycles. The first kappa shape index (κ1) is 12.2. The molecule has 2 aromatic heterocycles. The summed E-state index contributed by atoms with van der Waals surface area (Å²) in [5, 5.41) is 0.589. The molecule has 0 unspecified atom stereocenters. The smallest absolute Gasteiger partial charge is 0.294 e. The first-order valence-electron chi connectivity index (χ1n) is 6.48. The molecule has 0 radical (unpaired) electrons. The molecular weight excluding hydrogens is 286 g/mol. The number of hydrogen-bond acceptors (Lipinski definition) is 2. The third-order valence-corrected chi connectivity index (χ3v) is 3.72. The number of para-hydroxylation sites is 1. The molecule has 0 saturated heterocycles. The highest BCUT2D eigenvalue weighted by Crippen LogP contribution is 2.21. The van der Waals surface area contributed by atoms with Crippen LogP contribution in [0.25, 0.3) is 22.4 Å². The summed E-state index contributed by atoms with van der Waals surface area (Å²) in [5.74, 6) is 0. The van der Waals surface area contributed by atoms with Gasteiger partial charge < -0.3 is 0 Å². The molecule has 0 fully saturated rings. The third-order valence-electron chi connectivity index (χ3n) is 3.49. The fourth-order valence-electron chi connectivity index (χ4n) is 2.58. The van der Waals surface area contributed by atoms with Crippen LogP contribution in [0.5, 0.6) is 0 Å². The quantitative estimate of drug-likeness (QED) is 0.540. The van der Waals surface area contributed by atoms with E-state index in [0.29, 0.717) is 10.7 Å². The molecule has 2 aromatic carbocycles. The van der Waals surface area contributed by atoms with Crippen LogP contribution in [0.15, 0.2) is 65.7 Å². The van der Waals surface area contributed by atoms with Gasteiger partial charge in [0.1, 0.15) is 0 Å². The second kappa shape index (κ2) is 4.46. The molecule has 5 heteroatoms. The van der Waals surface area contributed by atoms with Crippen LogP contribution >= 0.6 is 11.6 Å². The summed E-state index contributed by atoms with van der Waals surface area (Å²) in [6.45, 7) is 0. The Morgan fingerprint density at radius 1 is 1.00 bits per heavy atom. The van der Waals surface area contributed by atoms with E-state index in [1.54, 1.807) is 27.4 Å². The van der Waals surface area contributed by atoms with Crippen LogP contribution in [0.1, 0.15) is 0 Å². The van der Waals surface area contributed by atoms with Crippen LogP contribution in [0.3, 0.4) is 0 Å². The zero-order chi connectivity index (χ0) is 14.4. The minimum Gasteiger partial charge on any atom is -0.294 e. The Hall–Kier alpha value is -2.59. The fourth-order valence-corrected chi connectivity index (χ4v) is 2.74. The van der Waals surface area contributed by atoms with Gasteiger partial charge in [0.25, 0.3) is 5.56 Å². The van der Waals surface area contributed by atoms with Gasteiger partial charge in [0.2, 0.25) is 5.65 Å². The molecule has 21 heavy (non-hydrogen) atoms. The molecule has 0 atom stereocenters. The lowest BCUT2D eigenvalue weighted by atomic mass is 10.2. The van der Waals surface area contributed by atoms with Crippen LogP contribution in [0, 0.1) is 0 Å². The number of benzene rings is 2. The van der Waals surface area contributed by atoms with Crippen LogP contribution < -0.4 is 5.56 Å². The number of aromatic nitrogens is 3. The fraction of sp³-hybridized carbons (Fsp3) is 0.